The molecule has 0 unspecified atom stereocenters. The van der Waals surface area contributed by atoms with Gasteiger partial charge in [-0.05, 0) is 12.1 Å². The van der Waals surface area contributed by atoms with Crippen LogP contribution in [-0.2, 0) is 4.74 Å². The molecule has 4 nitrogen and oxygen atoms in total. The Kier molecular flexibility index (Phi) is 5.47. The topological polar surface area (TPSA) is 50.4 Å². The van der Waals surface area contributed by atoms with Crippen LogP contribution in [0.15, 0.2) is 30.3 Å². The molecule has 5 heteroatoms. The van der Waals surface area contributed by atoms with Gasteiger partial charge < -0.3 is 4.74 Å². The maximum absolute atomic E-state index is 10.6. The molecule has 0 aliphatic rings. The molecule has 0 spiro atoms. The van der Waals surface area contributed by atoms with Crippen LogP contribution in [0.5, 0.6) is 0 Å². The Balaban J connectivity index is 0.00000144. The summed E-state index contributed by atoms with van der Waals surface area (Å²) in [6, 6.07) is 9.28. The minimum Gasteiger partial charge on any atom is -0.452 e. The third-order valence-corrected chi connectivity index (χ3v) is 1.27. The van der Waals surface area contributed by atoms with Crippen LogP contribution >= 0.6 is 12.4 Å². The molecule has 1 rings (SSSR count). The summed E-state index contributed by atoms with van der Waals surface area (Å²) < 4.78 is 4.36. The average Bonchev–Trinajstić information content (AvgIpc) is 2.16. The molecular weight excluding hydrogens is 192 g/mol. The summed E-state index contributed by atoms with van der Waals surface area (Å²) >= 11 is 0. The zero-order valence-corrected chi connectivity index (χ0v) is 7.93. The van der Waals surface area contributed by atoms with Crippen LogP contribution in [0.2, 0.25) is 0 Å². The van der Waals surface area contributed by atoms with Crippen molar-refractivity contribution in [2.45, 2.75) is 0 Å². The lowest BCUT2D eigenvalue weighted by atomic mass is 10.3. The van der Waals surface area contributed by atoms with Gasteiger partial charge in [0.05, 0.1) is 12.8 Å². The molecule has 2 N–H and O–H groups in total. The van der Waals surface area contributed by atoms with Crippen molar-refractivity contribution >= 4 is 24.2 Å². The maximum atomic E-state index is 10.6. The zero-order chi connectivity index (χ0) is 8.81. The SMILES string of the molecule is COC(=O)NNc1ccccc1.Cl. The normalized spacial score (nSPS) is 8.08. The first-order chi connectivity index (χ1) is 5.83. The van der Waals surface area contributed by atoms with E-state index in [0.29, 0.717) is 0 Å². The lowest BCUT2D eigenvalue weighted by molar-refractivity contribution is 0.173. The Morgan fingerprint density at radius 1 is 1.31 bits per heavy atom. The minimum atomic E-state index is -0.515. The van der Waals surface area contributed by atoms with Crippen LogP contribution in [0.3, 0.4) is 0 Å². The number of amides is 1. The van der Waals surface area contributed by atoms with Gasteiger partial charge in [0, 0.05) is 0 Å². The fourth-order valence-corrected chi connectivity index (χ4v) is 0.696. The number of carbonyl (C=O) groups is 1. The van der Waals surface area contributed by atoms with Crippen molar-refractivity contribution in [2.75, 3.05) is 12.5 Å². The zero-order valence-electron chi connectivity index (χ0n) is 7.11. The van der Waals surface area contributed by atoms with Crippen molar-refractivity contribution < 1.29 is 9.53 Å². The molecule has 0 saturated heterocycles. The number of halogens is 1. The second-order valence-corrected chi connectivity index (χ2v) is 2.11. The highest BCUT2D eigenvalue weighted by atomic mass is 35.5. The van der Waals surface area contributed by atoms with Gasteiger partial charge in [-0.2, -0.15) is 0 Å². The van der Waals surface area contributed by atoms with Crippen molar-refractivity contribution in [3.8, 4) is 0 Å². The molecule has 0 bridgehead atoms. The summed E-state index contributed by atoms with van der Waals surface area (Å²) in [6.07, 6.45) is -0.515. The molecule has 0 aliphatic heterocycles. The van der Waals surface area contributed by atoms with E-state index in [-0.39, 0.29) is 12.4 Å². The number of hydrogen-bond donors (Lipinski definition) is 2. The highest BCUT2D eigenvalue weighted by molar-refractivity contribution is 5.85. The molecule has 1 amide bonds. The van der Waals surface area contributed by atoms with E-state index in [1.54, 1.807) is 0 Å². The van der Waals surface area contributed by atoms with Crippen LogP contribution in [0.4, 0.5) is 10.5 Å². The van der Waals surface area contributed by atoms with Gasteiger partial charge in [-0.25, -0.2) is 10.2 Å². The van der Waals surface area contributed by atoms with Gasteiger partial charge in [0.25, 0.3) is 0 Å². The number of ether oxygens (including phenoxy) is 1. The summed E-state index contributed by atoms with van der Waals surface area (Å²) in [4.78, 5) is 10.6. The fraction of sp³-hybridized carbons (Fsp3) is 0.125. The Hall–Kier alpha value is -1.42. The summed E-state index contributed by atoms with van der Waals surface area (Å²) in [5, 5.41) is 0. The molecule has 72 valence electrons. The predicted molar refractivity (Wildman–Crippen MR) is 52.9 cm³/mol. The van der Waals surface area contributed by atoms with E-state index in [1.807, 2.05) is 30.3 Å². The first-order valence-electron chi connectivity index (χ1n) is 3.48. The Bertz CT molecular complexity index is 254. The Morgan fingerprint density at radius 3 is 2.46 bits per heavy atom. The minimum absolute atomic E-state index is 0. The highest BCUT2D eigenvalue weighted by Gasteiger charge is 1.94. The third kappa shape index (κ3) is 4.22. The van der Waals surface area contributed by atoms with Crippen molar-refractivity contribution in [1.29, 1.82) is 0 Å². The highest BCUT2D eigenvalue weighted by Crippen LogP contribution is 2.02. The molecule has 0 aromatic heterocycles. The lowest BCUT2D eigenvalue weighted by Crippen LogP contribution is -2.28. The van der Waals surface area contributed by atoms with Gasteiger partial charge in [0.1, 0.15) is 0 Å². The summed E-state index contributed by atoms with van der Waals surface area (Å²) in [5.41, 5.74) is 5.82. The van der Waals surface area contributed by atoms with E-state index in [4.69, 9.17) is 0 Å². The lowest BCUT2D eigenvalue weighted by Gasteiger charge is -2.05. The van der Waals surface area contributed by atoms with Crippen molar-refractivity contribution in [3.63, 3.8) is 0 Å². The van der Waals surface area contributed by atoms with Crippen LogP contribution in [0.1, 0.15) is 0 Å². The maximum Gasteiger partial charge on any atom is 0.425 e. The largest absolute Gasteiger partial charge is 0.452 e. The Labute approximate surface area is 82.7 Å². The number of methoxy groups -OCH3 is 1. The number of rotatable bonds is 2. The van der Waals surface area contributed by atoms with Gasteiger partial charge >= 0.3 is 6.09 Å². The van der Waals surface area contributed by atoms with E-state index in [2.05, 4.69) is 15.6 Å². The fourth-order valence-electron chi connectivity index (χ4n) is 0.696. The predicted octanol–water partition coefficient (Wildman–Crippen LogP) is 1.79. The summed E-state index contributed by atoms with van der Waals surface area (Å²) in [7, 11) is 1.31. The quantitative estimate of drug-likeness (QED) is 0.719. The molecule has 0 radical (unpaired) electrons. The van der Waals surface area contributed by atoms with Crippen LogP contribution in [0, 0.1) is 0 Å². The number of hydrogen-bond acceptors (Lipinski definition) is 3. The standard InChI is InChI=1S/C8H10N2O2.ClH/c1-12-8(11)10-9-7-5-3-2-4-6-7;/h2-6,9H,1H3,(H,10,11);1H. The number of benzene rings is 1. The van der Waals surface area contributed by atoms with Crippen LogP contribution in [-0.4, -0.2) is 13.2 Å². The first-order valence-corrected chi connectivity index (χ1v) is 3.48. The number of anilines is 1. The van der Waals surface area contributed by atoms with Gasteiger partial charge in [0.2, 0.25) is 0 Å². The molecule has 1 aromatic rings. The molecule has 0 fully saturated rings. The molecule has 0 heterocycles. The van der Waals surface area contributed by atoms with Crippen molar-refractivity contribution in [2.24, 2.45) is 0 Å². The molecule has 13 heavy (non-hydrogen) atoms. The molecular formula is C8H11ClN2O2. The van der Waals surface area contributed by atoms with E-state index in [1.165, 1.54) is 7.11 Å². The number of hydrazine groups is 1. The molecule has 1 aromatic carbocycles. The monoisotopic (exact) mass is 202 g/mol. The van der Waals surface area contributed by atoms with E-state index < -0.39 is 6.09 Å². The van der Waals surface area contributed by atoms with E-state index in [9.17, 15) is 4.79 Å². The number of carbonyl (C=O) groups excluding carboxylic acids is 1. The smallest absolute Gasteiger partial charge is 0.425 e. The van der Waals surface area contributed by atoms with Crippen molar-refractivity contribution in [3.05, 3.63) is 30.3 Å². The molecule has 0 aliphatic carbocycles. The average molecular weight is 203 g/mol. The molecule has 0 atom stereocenters. The van der Waals surface area contributed by atoms with E-state index in [0.717, 1.165) is 5.69 Å². The second-order valence-electron chi connectivity index (χ2n) is 2.11. The second kappa shape index (κ2) is 6.14. The van der Waals surface area contributed by atoms with Crippen molar-refractivity contribution in [1.82, 2.24) is 5.43 Å². The summed E-state index contributed by atoms with van der Waals surface area (Å²) in [6.45, 7) is 0. The molecule has 0 saturated carbocycles. The van der Waals surface area contributed by atoms with Gasteiger partial charge in [-0.1, -0.05) is 18.2 Å². The van der Waals surface area contributed by atoms with Gasteiger partial charge in [0.15, 0.2) is 0 Å². The third-order valence-electron chi connectivity index (χ3n) is 1.27. The van der Waals surface area contributed by atoms with Crippen LogP contribution < -0.4 is 10.9 Å². The van der Waals surface area contributed by atoms with Gasteiger partial charge in [-0.15, -0.1) is 12.4 Å². The van der Waals surface area contributed by atoms with E-state index >= 15 is 0 Å². The Morgan fingerprint density at radius 2 is 1.92 bits per heavy atom. The number of para-hydroxylation sites is 1. The van der Waals surface area contributed by atoms with Gasteiger partial charge in [-0.3, -0.25) is 5.43 Å². The first kappa shape index (κ1) is 11.6. The van der Waals surface area contributed by atoms with Crippen LogP contribution in [0.25, 0.3) is 0 Å². The number of nitrogens with one attached hydrogen (secondary N) is 2. The summed E-state index contributed by atoms with van der Waals surface area (Å²) in [5.74, 6) is 0.